The van der Waals surface area contributed by atoms with Gasteiger partial charge in [-0.05, 0) is 67.0 Å². The molecule has 2 bridgehead atoms. The van der Waals surface area contributed by atoms with Crippen LogP contribution in [0.1, 0.15) is 59.7 Å². The Morgan fingerprint density at radius 3 is 2.84 bits per heavy atom. The molecule has 156 valence electrons. The number of halogens is 1. The number of carboxylic acids is 1. The molecular formula is C26H23FN2O2. The lowest BCUT2D eigenvalue weighted by Crippen LogP contribution is -2.78. The van der Waals surface area contributed by atoms with Gasteiger partial charge in [0, 0.05) is 45.7 Å². The number of hydrogen-bond donors (Lipinski definition) is 2. The summed E-state index contributed by atoms with van der Waals surface area (Å²) in [7, 11) is 0. The molecular weight excluding hydrogens is 391 g/mol. The number of aliphatic carboxylic acids is 1. The Kier molecular flexibility index (Phi) is 3.23. The molecule has 1 spiro atoms. The van der Waals surface area contributed by atoms with Crippen molar-refractivity contribution in [1.82, 2.24) is 9.88 Å². The second-order valence-corrected chi connectivity index (χ2v) is 9.85. The van der Waals surface area contributed by atoms with E-state index in [4.69, 9.17) is 5.11 Å². The second kappa shape index (κ2) is 5.65. The van der Waals surface area contributed by atoms with Crippen molar-refractivity contribution in [2.45, 2.75) is 49.7 Å². The maximum atomic E-state index is 15.7. The minimum Gasteiger partial charge on any atom is -0.478 e. The van der Waals surface area contributed by atoms with Gasteiger partial charge in [0.25, 0.3) is 0 Å². The summed E-state index contributed by atoms with van der Waals surface area (Å²) >= 11 is 0. The molecule has 2 N–H and O–H groups in total. The normalized spacial score (nSPS) is 32.6. The van der Waals surface area contributed by atoms with Crippen molar-refractivity contribution in [2.75, 3.05) is 0 Å². The van der Waals surface area contributed by atoms with Gasteiger partial charge in [0.05, 0.1) is 6.04 Å². The fraction of sp³-hybridized carbons (Fsp3) is 0.346. The van der Waals surface area contributed by atoms with Crippen molar-refractivity contribution in [1.29, 1.82) is 0 Å². The van der Waals surface area contributed by atoms with E-state index in [1.807, 2.05) is 12.1 Å². The molecule has 3 atom stereocenters. The van der Waals surface area contributed by atoms with E-state index in [2.05, 4.69) is 35.0 Å². The van der Waals surface area contributed by atoms with E-state index in [0.717, 1.165) is 34.8 Å². The number of carbonyl (C=O) groups is 1. The van der Waals surface area contributed by atoms with Crippen LogP contribution in [0.25, 0.3) is 17.0 Å². The molecule has 2 aromatic carbocycles. The molecule has 3 fully saturated rings. The first-order chi connectivity index (χ1) is 15.0. The molecule has 1 unspecified atom stereocenters. The van der Waals surface area contributed by atoms with E-state index in [0.29, 0.717) is 23.4 Å². The molecule has 5 aliphatic rings. The molecule has 3 saturated carbocycles. The summed E-state index contributed by atoms with van der Waals surface area (Å²) < 4.78 is 15.7. The van der Waals surface area contributed by atoms with Crippen LogP contribution in [0.4, 0.5) is 4.39 Å². The standard InChI is InChI=1S/C26H23FN2O2/c1-13-8-17-16-4-2-3-5-20(16)28-24(17)25-22-18(23-15-11-26(23,12-15)29(13)25)9-14(10-19(22)27)6-7-21(30)31/h2-7,9-10,13,15,23,25,28H,8,11-12H2,1H3,(H,30,31)/b7-6+/t13-,15?,23?,25+,26?/m1/s1. The summed E-state index contributed by atoms with van der Waals surface area (Å²) in [6.45, 7) is 2.29. The van der Waals surface area contributed by atoms with E-state index >= 15 is 4.39 Å². The van der Waals surface area contributed by atoms with Crippen LogP contribution in [-0.2, 0) is 11.2 Å². The van der Waals surface area contributed by atoms with Crippen molar-refractivity contribution in [3.8, 4) is 0 Å². The lowest BCUT2D eigenvalue weighted by Gasteiger charge is -2.77. The van der Waals surface area contributed by atoms with Gasteiger partial charge in [0.1, 0.15) is 5.82 Å². The van der Waals surface area contributed by atoms with Gasteiger partial charge in [0.15, 0.2) is 0 Å². The highest BCUT2D eigenvalue weighted by Crippen LogP contribution is 2.75. The summed E-state index contributed by atoms with van der Waals surface area (Å²) in [5.41, 5.74) is 6.20. The number of fused-ring (bicyclic) bond motifs is 7. The zero-order chi connectivity index (χ0) is 21.1. The van der Waals surface area contributed by atoms with Crippen LogP contribution in [0, 0.1) is 11.7 Å². The molecule has 4 nitrogen and oxygen atoms in total. The number of nitrogens with zero attached hydrogens (tertiary/aromatic N) is 1. The zero-order valence-corrected chi connectivity index (χ0v) is 17.2. The Morgan fingerprint density at radius 1 is 1.29 bits per heavy atom. The largest absolute Gasteiger partial charge is 0.478 e. The molecule has 2 aliphatic heterocycles. The van der Waals surface area contributed by atoms with E-state index < -0.39 is 5.97 Å². The summed E-state index contributed by atoms with van der Waals surface area (Å²) in [5.74, 6) is -0.262. The fourth-order valence-corrected chi connectivity index (χ4v) is 7.28. The monoisotopic (exact) mass is 414 g/mol. The molecule has 5 heteroatoms. The molecule has 0 amide bonds. The molecule has 3 heterocycles. The maximum absolute atomic E-state index is 15.7. The van der Waals surface area contributed by atoms with Gasteiger partial charge >= 0.3 is 5.97 Å². The van der Waals surface area contributed by atoms with Crippen molar-refractivity contribution < 1.29 is 14.3 Å². The van der Waals surface area contributed by atoms with Crippen LogP contribution >= 0.6 is 0 Å². The third-order valence-electron chi connectivity index (χ3n) is 8.38. The quantitative estimate of drug-likeness (QED) is 0.580. The fourth-order valence-electron chi connectivity index (χ4n) is 7.28. The molecule has 3 aromatic rings. The summed E-state index contributed by atoms with van der Waals surface area (Å²) in [4.78, 5) is 17.3. The van der Waals surface area contributed by atoms with Crippen molar-refractivity contribution in [3.63, 3.8) is 0 Å². The minimum atomic E-state index is -1.02. The molecule has 0 saturated heterocycles. The van der Waals surface area contributed by atoms with Crippen LogP contribution in [0.3, 0.4) is 0 Å². The van der Waals surface area contributed by atoms with Gasteiger partial charge in [-0.3, -0.25) is 4.90 Å². The maximum Gasteiger partial charge on any atom is 0.328 e. The van der Waals surface area contributed by atoms with Gasteiger partial charge in [0.2, 0.25) is 0 Å². The average molecular weight is 414 g/mol. The number of aromatic nitrogens is 1. The third-order valence-corrected chi connectivity index (χ3v) is 8.38. The van der Waals surface area contributed by atoms with Gasteiger partial charge in [-0.25, -0.2) is 9.18 Å². The van der Waals surface area contributed by atoms with Gasteiger partial charge < -0.3 is 10.1 Å². The van der Waals surface area contributed by atoms with Crippen LogP contribution in [0.15, 0.2) is 42.5 Å². The minimum absolute atomic E-state index is 0.115. The van der Waals surface area contributed by atoms with Crippen molar-refractivity contribution in [3.05, 3.63) is 76.2 Å². The summed E-state index contributed by atoms with van der Waals surface area (Å²) in [5, 5.41) is 10.2. The molecule has 31 heavy (non-hydrogen) atoms. The number of aromatic amines is 1. The molecule has 0 radical (unpaired) electrons. The Balaban J connectivity index is 1.49. The van der Waals surface area contributed by atoms with Crippen LogP contribution in [0.2, 0.25) is 0 Å². The number of H-pyrrole nitrogens is 1. The van der Waals surface area contributed by atoms with E-state index in [1.54, 1.807) is 0 Å². The first kappa shape index (κ1) is 17.7. The first-order valence-electron chi connectivity index (χ1n) is 11.1. The summed E-state index contributed by atoms with van der Waals surface area (Å²) in [6.07, 6.45) is 5.94. The van der Waals surface area contributed by atoms with Crippen LogP contribution < -0.4 is 0 Å². The van der Waals surface area contributed by atoms with Crippen LogP contribution in [-0.4, -0.2) is 32.5 Å². The number of benzene rings is 2. The molecule has 3 aliphatic carbocycles. The number of carboxylic acid groups (broad SMARTS) is 1. The molecule has 8 rings (SSSR count). The lowest BCUT2D eigenvalue weighted by atomic mass is 9.37. The van der Waals surface area contributed by atoms with E-state index in [-0.39, 0.29) is 17.4 Å². The predicted octanol–water partition coefficient (Wildman–Crippen LogP) is 5.00. The van der Waals surface area contributed by atoms with Crippen molar-refractivity contribution in [2.24, 2.45) is 5.92 Å². The second-order valence-electron chi connectivity index (χ2n) is 9.85. The van der Waals surface area contributed by atoms with E-state index in [9.17, 15) is 4.79 Å². The van der Waals surface area contributed by atoms with Gasteiger partial charge in [-0.2, -0.15) is 0 Å². The highest BCUT2D eigenvalue weighted by atomic mass is 19.1. The summed E-state index contributed by atoms with van der Waals surface area (Å²) in [6, 6.07) is 12.2. The molecule has 1 aromatic heterocycles. The third kappa shape index (κ3) is 2.05. The van der Waals surface area contributed by atoms with Crippen LogP contribution in [0.5, 0.6) is 0 Å². The van der Waals surface area contributed by atoms with Crippen molar-refractivity contribution >= 4 is 22.9 Å². The lowest BCUT2D eigenvalue weighted by molar-refractivity contribution is -0.209. The number of para-hydroxylation sites is 1. The predicted molar refractivity (Wildman–Crippen MR) is 116 cm³/mol. The average Bonchev–Trinajstić information content (AvgIpc) is 3.04. The smallest absolute Gasteiger partial charge is 0.328 e. The number of nitrogens with one attached hydrogen (secondary N) is 1. The SMILES string of the molecule is C[C@@H]1Cc2c([nH]c3ccccc23)[C@@H]2c3c(F)cc(/C=C/C(=O)O)cc3C3C4CC3(C4)N21. The topological polar surface area (TPSA) is 56.3 Å². The highest BCUT2D eigenvalue weighted by molar-refractivity contribution is 5.86. The Hall–Kier alpha value is -2.92. The number of hydrogen-bond acceptors (Lipinski definition) is 2. The Labute approximate surface area is 179 Å². The van der Waals surface area contributed by atoms with E-state index in [1.165, 1.54) is 35.9 Å². The number of rotatable bonds is 2. The highest BCUT2D eigenvalue weighted by Gasteiger charge is 2.73. The Morgan fingerprint density at radius 2 is 2.10 bits per heavy atom. The first-order valence-corrected chi connectivity index (χ1v) is 11.1. The van der Waals surface area contributed by atoms with Gasteiger partial charge in [-0.15, -0.1) is 0 Å². The zero-order valence-electron chi connectivity index (χ0n) is 17.2. The Bertz CT molecular complexity index is 1320. The van der Waals surface area contributed by atoms with Gasteiger partial charge in [-0.1, -0.05) is 24.3 Å².